The molecule has 2 aromatic carbocycles. The lowest BCUT2D eigenvalue weighted by Gasteiger charge is -2.10. The second kappa shape index (κ2) is 9.05. The largest absolute Gasteiger partial charge is 0.496 e. The van der Waals surface area contributed by atoms with Crippen molar-refractivity contribution in [1.29, 1.82) is 0 Å². The molecule has 2 N–H and O–H groups in total. The molecule has 0 spiro atoms. The lowest BCUT2D eigenvalue weighted by atomic mass is 10.1. The Kier molecular flexibility index (Phi) is 6.28. The fraction of sp³-hybridized carbons (Fsp3) is 0.143. The Morgan fingerprint density at radius 3 is 2.59 bits per heavy atom. The van der Waals surface area contributed by atoms with Crippen molar-refractivity contribution in [3.8, 4) is 5.75 Å². The number of nitrogens with zero attached hydrogens (tertiary/aromatic N) is 1. The van der Waals surface area contributed by atoms with Crippen molar-refractivity contribution in [1.82, 2.24) is 10.3 Å². The van der Waals surface area contributed by atoms with Crippen LogP contribution in [-0.2, 0) is 6.42 Å². The standard InChI is InChI=1S/C21H20ClN3O2/c1-27-19-9-5-2-6-15(19)12-13-23-21(26)16-10-11-20(24-14-16)25-18-8-4-3-7-17(18)22/h2-11,14H,12-13H2,1H3,(H,23,26)(H,24,25). The molecule has 0 atom stereocenters. The number of amides is 1. The topological polar surface area (TPSA) is 63.2 Å². The molecule has 138 valence electrons. The Hall–Kier alpha value is -3.05. The van der Waals surface area contributed by atoms with Crippen LogP contribution in [0.25, 0.3) is 0 Å². The molecule has 0 unspecified atom stereocenters. The smallest absolute Gasteiger partial charge is 0.252 e. The van der Waals surface area contributed by atoms with Gasteiger partial charge in [0.2, 0.25) is 0 Å². The first-order chi connectivity index (χ1) is 13.2. The van der Waals surface area contributed by atoms with Crippen LogP contribution in [0.3, 0.4) is 0 Å². The number of rotatable bonds is 7. The molecule has 0 bridgehead atoms. The lowest BCUT2D eigenvalue weighted by Crippen LogP contribution is -2.25. The van der Waals surface area contributed by atoms with Gasteiger partial charge in [-0.05, 0) is 42.3 Å². The SMILES string of the molecule is COc1ccccc1CCNC(=O)c1ccc(Nc2ccccc2Cl)nc1. The molecular formula is C21H20ClN3O2. The highest BCUT2D eigenvalue weighted by Gasteiger charge is 2.08. The molecule has 1 aromatic heterocycles. The maximum atomic E-state index is 12.3. The van der Waals surface area contributed by atoms with Gasteiger partial charge in [-0.15, -0.1) is 0 Å². The minimum Gasteiger partial charge on any atom is -0.496 e. The summed E-state index contributed by atoms with van der Waals surface area (Å²) in [5, 5.41) is 6.64. The van der Waals surface area contributed by atoms with E-state index in [4.69, 9.17) is 16.3 Å². The Bertz CT molecular complexity index is 913. The number of methoxy groups -OCH3 is 1. The molecule has 0 fully saturated rings. The van der Waals surface area contributed by atoms with E-state index in [9.17, 15) is 4.79 Å². The average Bonchev–Trinajstić information content (AvgIpc) is 2.70. The van der Waals surface area contributed by atoms with Gasteiger partial charge in [-0.25, -0.2) is 4.98 Å². The quantitative estimate of drug-likeness (QED) is 0.634. The van der Waals surface area contributed by atoms with Gasteiger partial charge in [0.1, 0.15) is 11.6 Å². The lowest BCUT2D eigenvalue weighted by molar-refractivity contribution is 0.0953. The van der Waals surface area contributed by atoms with E-state index in [1.54, 1.807) is 25.3 Å². The van der Waals surface area contributed by atoms with Crippen molar-refractivity contribution in [2.45, 2.75) is 6.42 Å². The molecule has 0 aliphatic carbocycles. The van der Waals surface area contributed by atoms with Crippen LogP contribution in [0.1, 0.15) is 15.9 Å². The van der Waals surface area contributed by atoms with Crippen molar-refractivity contribution >= 4 is 29.0 Å². The molecule has 3 rings (SSSR count). The number of hydrogen-bond acceptors (Lipinski definition) is 4. The summed E-state index contributed by atoms with van der Waals surface area (Å²) in [4.78, 5) is 16.6. The minimum atomic E-state index is -0.165. The molecule has 0 saturated carbocycles. The number of nitrogens with one attached hydrogen (secondary N) is 2. The van der Waals surface area contributed by atoms with Crippen LogP contribution in [0.2, 0.25) is 5.02 Å². The van der Waals surface area contributed by atoms with E-state index in [1.165, 1.54) is 6.20 Å². The molecule has 3 aromatic rings. The zero-order valence-corrected chi connectivity index (χ0v) is 15.7. The summed E-state index contributed by atoms with van der Waals surface area (Å²) in [5.74, 6) is 1.28. The maximum Gasteiger partial charge on any atom is 0.252 e. The maximum absolute atomic E-state index is 12.3. The third kappa shape index (κ3) is 4.99. The number of ether oxygens (including phenoxy) is 1. The number of hydrogen-bond donors (Lipinski definition) is 2. The molecule has 0 aliphatic heterocycles. The zero-order valence-electron chi connectivity index (χ0n) is 14.9. The van der Waals surface area contributed by atoms with Crippen LogP contribution in [-0.4, -0.2) is 24.5 Å². The van der Waals surface area contributed by atoms with Crippen molar-refractivity contribution in [2.75, 3.05) is 19.0 Å². The number of anilines is 2. The van der Waals surface area contributed by atoms with Crippen molar-refractivity contribution in [3.05, 3.63) is 83.0 Å². The van der Waals surface area contributed by atoms with Crippen LogP contribution in [0.15, 0.2) is 66.9 Å². The van der Waals surface area contributed by atoms with E-state index in [-0.39, 0.29) is 5.91 Å². The molecule has 6 heteroatoms. The van der Waals surface area contributed by atoms with Crippen LogP contribution in [0, 0.1) is 0 Å². The Morgan fingerprint density at radius 1 is 1.07 bits per heavy atom. The summed E-state index contributed by atoms with van der Waals surface area (Å²) in [6.07, 6.45) is 2.23. The van der Waals surface area contributed by atoms with Crippen LogP contribution >= 0.6 is 11.6 Å². The number of pyridine rings is 1. The molecule has 0 aliphatic rings. The summed E-state index contributed by atoms with van der Waals surface area (Å²) in [6, 6.07) is 18.7. The second-order valence-corrected chi connectivity index (χ2v) is 6.26. The first-order valence-corrected chi connectivity index (χ1v) is 8.93. The third-order valence-corrected chi connectivity index (χ3v) is 4.36. The highest BCUT2D eigenvalue weighted by molar-refractivity contribution is 6.33. The zero-order chi connectivity index (χ0) is 19.1. The van der Waals surface area contributed by atoms with E-state index >= 15 is 0 Å². The molecular weight excluding hydrogens is 362 g/mol. The van der Waals surface area contributed by atoms with Gasteiger partial charge in [0.15, 0.2) is 0 Å². The fourth-order valence-corrected chi connectivity index (χ4v) is 2.81. The number of aromatic nitrogens is 1. The first-order valence-electron chi connectivity index (χ1n) is 8.55. The summed E-state index contributed by atoms with van der Waals surface area (Å²) < 4.78 is 5.32. The van der Waals surface area contributed by atoms with Crippen LogP contribution in [0.4, 0.5) is 11.5 Å². The summed E-state index contributed by atoms with van der Waals surface area (Å²) in [7, 11) is 1.64. The molecule has 0 radical (unpaired) electrons. The molecule has 1 amide bonds. The number of carbonyl (C=O) groups excluding carboxylic acids is 1. The fourth-order valence-electron chi connectivity index (χ4n) is 2.62. The number of benzene rings is 2. The highest BCUT2D eigenvalue weighted by atomic mass is 35.5. The van der Waals surface area contributed by atoms with Gasteiger partial charge in [-0.2, -0.15) is 0 Å². The Labute approximate surface area is 163 Å². The summed E-state index contributed by atoms with van der Waals surface area (Å²) in [6.45, 7) is 0.513. The minimum absolute atomic E-state index is 0.165. The van der Waals surface area contributed by atoms with E-state index in [1.807, 2.05) is 42.5 Å². The Balaban J connectivity index is 1.55. The predicted octanol–water partition coefficient (Wildman–Crippen LogP) is 4.46. The first kappa shape index (κ1) is 18.7. The summed E-state index contributed by atoms with van der Waals surface area (Å²) in [5.41, 5.74) is 2.32. The van der Waals surface area contributed by atoms with Gasteiger partial charge in [-0.1, -0.05) is 41.9 Å². The summed E-state index contributed by atoms with van der Waals surface area (Å²) >= 11 is 6.12. The van der Waals surface area contributed by atoms with Gasteiger partial charge < -0.3 is 15.4 Å². The van der Waals surface area contributed by atoms with Gasteiger partial charge in [0.25, 0.3) is 5.91 Å². The van der Waals surface area contributed by atoms with Gasteiger partial charge in [0, 0.05) is 12.7 Å². The van der Waals surface area contributed by atoms with E-state index < -0.39 is 0 Å². The van der Waals surface area contributed by atoms with Crippen LogP contribution < -0.4 is 15.4 Å². The van der Waals surface area contributed by atoms with Crippen molar-refractivity contribution in [2.24, 2.45) is 0 Å². The molecule has 1 heterocycles. The van der Waals surface area contributed by atoms with Gasteiger partial charge in [-0.3, -0.25) is 4.79 Å². The van der Waals surface area contributed by atoms with E-state index in [0.29, 0.717) is 29.4 Å². The molecule has 5 nitrogen and oxygen atoms in total. The van der Waals surface area contributed by atoms with Crippen LogP contribution in [0.5, 0.6) is 5.75 Å². The molecule has 27 heavy (non-hydrogen) atoms. The molecule has 0 saturated heterocycles. The van der Waals surface area contributed by atoms with Gasteiger partial charge >= 0.3 is 0 Å². The number of halogens is 1. The normalized spacial score (nSPS) is 10.3. The number of carbonyl (C=O) groups is 1. The number of para-hydroxylation sites is 2. The van der Waals surface area contributed by atoms with Crippen molar-refractivity contribution in [3.63, 3.8) is 0 Å². The monoisotopic (exact) mass is 381 g/mol. The highest BCUT2D eigenvalue weighted by Crippen LogP contribution is 2.23. The van der Waals surface area contributed by atoms with E-state index in [2.05, 4.69) is 15.6 Å². The third-order valence-electron chi connectivity index (χ3n) is 4.03. The predicted molar refractivity (Wildman–Crippen MR) is 108 cm³/mol. The second-order valence-electron chi connectivity index (χ2n) is 5.85. The Morgan fingerprint density at radius 2 is 1.85 bits per heavy atom. The van der Waals surface area contributed by atoms with E-state index in [0.717, 1.165) is 17.0 Å². The van der Waals surface area contributed by atoms with Gasteiger partial charge in [0.05, 0.1) is 23.4 Å². The van der Waals surface area contributed by atoms with Crippen molar-refractivity contribution < 1.29 is 9.53 Å². The average molecular weight is 382 g/mol.